The summed E-state index contributed by atoms with van der Waals surface area (Å²) in [6.45, 7) is 2.39. The van der Waals surface area contributed by atoms with Crippen molar-refractivity contribution in [1.82, 2.24) is 15.2 Å². The number of rotatable bonds is 7. The Labute approximate surface area is 168 Å². The van der Waals surface area contributed by atoms with Gasteiger partial charge in [0, 0.05) is 23.7 Å². The highest BCUT2D eigenvalue weighted by Gasteiger charge is 2.15. The van der Waals surface area contributed by atoms with Crippen molar-refractivity contribution in [2.45, 2.75) is 19.9 Å². The number of fused-ring (bicyclic) bond motifs is 1. The lowest BCUT2D eigenvalue weighted by Gasteiger charge is -2.09. The van der Waals surface area contributed by atoms with Crippen molar-refractivity contribution in [2.75, 3.05) is 7.11 Å². The van der Waals surface area contributed by atoms with E-state index in [1.54, 1.807) is 37.5 Å². The molecule has 0 saturated carbocycles. The van der Waals surface area contributed by atoms with Gasteiger partial charge in [-0.15, -0.1) is 0 Å². The number of methoxy groups -OCH3 is 1. The zero-order valence-electron chi connectivity index (χ0n) is 16.3. The minimum Gasteiger partial charge on any atom is -0.496 e. The van der Waals surface area contributed by atoms with Gasteiger partial charge in [-0.1, -0.05) is 43.3 Å². The summed E-state index contributed by atoms with van der Waals surface area (Å²) >= 11 is 0. The third kappa shape index (κ3) is 4.57. The molecule has 0 spiro atoms. The summed E-state index contributed by atoms with van der Waals surface area (Å²) in [7, 11) is 1.61. The maximum atomic E-state index is 12.6. The lowest BCUT2D eigenvalue weighted by molar-refractivity contribution is 0.0949. The quantitative estimate of drug-likeness (QED) is 0.496. The van der Waals surface area contributed by atoms with Gasteiger partial charge < -0.3 is 4.74 Å². The van der Waals surface area contributed by atoms with E-state index < -0.39 is 5.91 Å². The number of amides is 1. The van der Waals surface area contributed by atoms with Crippen LogP contribution in [0.25, 0.3) is 16.8 Å². The summed E-state index contributed by atoms with van der Waals surface area (Å²) < 4.78 is 6.60. The molecule has 0 aliphatic heterocycles. The van der Waals surface area contributed by atoms with Crippen molar-refractivity contribution in [1.29, 1.82) is 0 Å². The van der Waals surface area contributed by atoms with Gasteiger partial charge in [-0.05, 0) is 30.7 Å². The molecule has 3 rings (SSSR count). The Hall–Kier alpha value is -3.74. The molecule has 1 heterocycles. The molecular formula is C22H22N4O3. The fourth-order valence-corrected chi connectivity index (χ4v) is 2.91. The number of nitrogens with one attached hydrogen (secondary N) is 1. The fraction of sp³-hybridized carbons (Fsp3) is 0.182. The number of hydrogen-bond acceptors (Lipinski definition) is 5. The number of hydrogen-bond donors (Lipinski definition) is 1. The van der Waals surface area contributed by atoms with Crippen molar-refractivity contribution in [3.63, 3.8) is 0 Å². The third-order valence-electron chi connectivity index (χ3n) is 4.26. The molecule has 0 fully saturated rings. The molecule has 0 radical (unpaired) electrons. The lowest BCUT2D eigenvalue weighted by Crippen LogP contribution is -2.29. The number of aromatic nitrogens is 2. The predicted octanol–water partition coefficient (Wildman–Crippen LogP) is 3.24. The monoisotopic (exact) mass is 390 g/mol. The van der Waals surface area contributed by atoms with Crippen LogP contribution in [-0.2, 0) is 6.54 Å². The van der Waals surface area contributed by atoms with Gasteiger partial charge >= 0.3 is 0 Å². The van der Waals surface area contributed by atoms with Gasteiger partial charge in [0.15, 0.2) is 5.69 Å². The Morgan fingerprint density at radius 2 is 1.90 bits per heavy atom. The van der Waals surface area contributed by atoms with Crippen LogP contribution >= 0.6 is 0 Å². The summed E-state index contributed by atoms with van der Waals surface area (Å²) in [4.78, 5) is 25.1. The molecule has 0 unspecified atom stereocenters. The maximum Gasteiger partial charge on any atom is 0.292 e. The highest BCUT2D eigenvalue weighted by atomic mass is 16.5. The number of benzene rings is 2. The first-order chi connectivity index (χ1) is 14.2. The van der Waals surface area contributed by atoms with E-state index in [0.717, 1.165) is 17.7 Å². The minimum absolute atomic E-state index is 0.166. The second-order valence-corrected chi connectivity index (χ2v) is 6.24. The molecule has 1 aromatic heterocycles. The third-order valence-corrected chi connectivity index (χ3v) is 4.26. The van der Waals surface area contributed by atoms with E-state index in [1.807, 2.05) is 37.3 Å². The molecule has 29 heavy (non-hydrogen) atoms. The largest absolute Gasteiger partial charge is 0.496 e. The number of nitrogens with zero attached hydrogens (tertiary/aromatic N) is 3. The Kier molecular flexibility index (Phi) is 6.52. The highest BCUT2D eigenvalue weighted by Crippen LogP contribution is 2.18. The van der Waals surface area contributed by atoms with Gasteiger partial charge in [-0.3, -0.25) is 9.59 Å². The second-order valence-electron chi connectivity index (χ2n) is 6.24. The van der Waals surface area contributed by atoms with Crippen LogP contribution in [0.3, 0.4) is 0 Å². The molecule has 7 nitrogen and oxygen atoms in total. The second kappa shape index (κ2) is 9.45. The number of carbonyl (C=O) groups excluding carboxylic acids is 1. The van der Waals surface area contributed by atoms with Crippen LogP contribution in [0.2, 0.25) is 0 Å². The number of carbonyl (C=O) groups is 1. The molecule has 1 N–H and O–H groups in total. The predicted molar refractivity (Wildman–Crippen MR) is 114 cm³/mol. The SMILES string of the molecule is CCCn1nc(C(=O)N/N=C\C=C\c2ccccc2OC)c2ccccc2c1=O. The molecule has 0 atom stereocenters. The average Bonchev–Trinajstić information content (AvgIpc) is 2.75. The van der Waals surface area contributed by atoms with Crippen LogP contribution in [0.1, 0.15) is 29.4 Å². The highest BCUT2D eigenvalue weighted by molar-refractivity contribution is 6.04. The summed E-state index contributed by atoms with van der Waals surface area (Å²) in [5.41, 5.74) is 3.32. The topological polar surface area (TPSA) is 85.6 Å². The van der Waals surface area contributed by atoms with Crippen molar-refractivity contribution in [3.8, 4) is 5.75 Å². The van der Waals surface area contributed by atoms with Gasteiger partial charge in [-0.25, -0.2) is 10.1 Å². The Bertz CT molecular complexity index is 1130. The Balaban J connectivity index is 1.79. The van der Waals surface area contributed by atoms with Crippen LogP contribution in [0, 0.1) is 0 Å². The number of hydrazone groups is 1. The van der Waals surface area contributed by atoms with Crippen LogP contribution in [-0.4, -0.2) is 29.0 Å². The van der Waals surface area contributed by atoms with E-state index in [1.165, 1.54) is 10.9 Å². The molecule has 0 aliphatic rings. The molecule has 7 heteroatoms. The molecule has 2 aromatic carbocycles. The lowest BCUT2D eigenvalue weighted by atomic mass is 10.1. The van der Waals surface area contributed by atoms with Crippen molar-refractivity contribution >= 4 is 29.0 Å². The molecule has 1 amide bonds. The van der Waals surface area contributed by atoms with Crippen molar-refractivity contribution in [2.24, 2.45) is 5.10 Å². The van der Waals surface area contributed by atoms with Gasteiger partial charge in [0.1, 0.15) is 5.75 Å². The molecule has 148 valence electrons. The van der Waals surface area contributed by atoms with Gasteiger partial charge in [-0.2, -0.15) is 10.2 Å². The first kappa shape index (κ1) is 20.0. The zero-order chi connectivity index (χ0) is 20.6. The number of ether oxygens (including phenoxy) is 1. The van der Waals surface area contributed by atoms with Crippen molar-refractivity contribution in [3.05, 3.63) is 76.2 Å². The molecular weight excluding hydrogens is 368 g/mol. The van der Waals surface area contributed by atoms with Crippen LogP contribution in [0.15, 0.2) is 64.5 Å². The van der Waals surface area contributed by atoms with Crippen LogP contribution in [0.5, 0.6) is 5.75 Å². The Morgan fingerprint density at radius 1 is 1.17 bits per heavy atom. The maximum absolute atomic E-state index is 12.6. The van der Waals surface area contributed by atoms with Gasteiger partial charge in [0.2, 0.25) is 0 Å². The summed E-state index contributed by atoms with van der Waals surface area (Å²) in [6.07, 6.45) is 5.72. The van der Waals surface area contributed by atoms with E-state index in [0.29, 0.717) is 17.3 Å². The normalized spacial score (nSPS) is 11.4. The van der Waals surface area contributed by atoms with Crippen molar-refractivity contribution < 1.29 is 9.53 Å². The molecule has 0 bridgehead atoms. The first-order valence-corrected chi connectivity index (χ1v) is 9.28. The summed E-state index contributed by atoms with van der Waals surface area (Å²) in [5, 5.41) is 9.15. The van der Waals surface area contributed by atoms with E-state index >= 15 is 0 Å². The zero-order valence-corrected chi connectivity index (χ0v) is 16.3. The smallest absolute Gasteiger partial charge is 0.292 e. The van der Waals surface area contributed by atoms with Gasteiger partial charge in [0.05, 0.1) is 12.5 Å². The van der Waals surface area contributed by atoms with E-state index in [-0.39, 0.29) is 11.3 Å². The number of allylic oxidation sites excluding steroid dienone is 1. The summed E-state index contributed by atoms with van der Waals surface area (Å²) in [6, 6.07) is 14.5. The molecule has 0 saturated heterocycles. The number of para-hydroxylation sites is 1. The average molecular weight is 390 g/mol. The van der Waals surface area contributed by atoms with Crippen LogP contribution < -0.4 is 15.7 Å². The summed E-state index contributed by atoms with van der Waals surface area (Å²) in [5.74, 6) is 0.267. The van der Waals surface area contributed by atoms with Gasteiger partial charge in [0.25, 0.3) is 11.5 Å². The molecule has 0 aliphatic carbocycles. The fourth-order valence-electron chi connectivity index (χ4n) is 2.91. The number of aryl methyl sites for hydroxylation is 1. The van der Waals surface area contributed by atoms with E-state index in [2.05, 4.69) is 15.6 Å². The molecule has 3 aromatic rings. The first-order valence-electron chi connectivity index (χ1n) is 9.28. The standard InChI is InChI=1S/C22H22N4O3/c1-3-15-26-22(28)18-12-6-5-11-17(18)20(25-26)21(27)24-23-14-8-10-16-9-4-7-13-19(16)29-2/h4-14H,3,15H2,1-2H3,(H,24,27)/b10-8+,23-14-. The minimum atomic E-state index is -0.479. The van der Waals surface area contributed by atoms with E-state index in [9.17, 15) is 9.59 Å². The Morgan fingerprint density at radius 3 is 2.66 bits per heavy atom. The van der Waals surface area contributed by atoms with E-state index in [4.69, 9.17) is 4.74 Å². The van der Waals surface area contributed by atoms with Crippen LogP contribution in [0.4, 0.5) is 0 Å².